The molecule has 2 atom stereocenters. The van der Waals surface area contributed by atoms with Crippen LogP contribution in [0.4, 0.5) is 0 Å². The summed E-state index contributed by atoms with van der Waals surface area (Å²) in [6.45, 7) is 15.2. The molecule has 0 N–H and O–H groups in total. The van der Waals surface area contributed by atoms with Crippen molar-refractivity contribution in [3.8, 4) is 0 Å². The van der Waals surface area contributed by atoms with E-state index in [-0.39, 0.29) is 23.0 Å². The van der Waals surface area contributed by atoms with Crippen LogP contribution in [0.3, 0.4) is 0 Å². The quantitative estimate of drug-likeness (QED) is 0.611. The van der Waals surface area contributed by atoms with E-state index in [4.69, 9.17) is 18.9 Å². The van der Waals surface area contributed by atoms with Gasteiger partial charge in [-0.25, -0.2) is 0 Å². The lowest BCUT2D eigenvalue weighted by Gasteiger charge is -2.30. The van der Waals surface area contributed by atoms with Crippen LogP contribution in [0.15, 0.2) is 0 Å². The summed E-state index contributed by atoms with van der Waals surface area (Å²) in [5, 5.41) is 0. The van der Waals surface area contributed by atoms with Crippen molar-refractivity contribution < 1.29 is 18.9 Å². The Morgan fingerprint density at radius 3 is 1.15 bits per heavy atom. The van der Waals surface area contributed by atoms with Gasteiger partial charge in [0.05, 0.1) is 38.6 Å². The van der Waals surface area contributed by atoms with Crippen LogP contribution >= 0.6 is 0 Å². The van der Waals surface area contributed by atoms with E-state index in [0.29, 0.717) is 26.4 Å². The van der Waals surface area contributed by atoms with Crippen molar-refractivity contribution in [3.05, 3.63) is 0 Å². The van der Waals surface area contributed by atoms with Gasteiger partial charge in [-0.1, -0.05) is 41.5 Å². The Labute approximate surface area is 125 Å². The molecule has 0 aliphatic carbocycles. The Bertz CT molecular complexity index is 214. The van der Waals surface area contributed by atoms with Gasteiger partial charge in [0.15, 0.2) is 0 Å². The van der Waals surface area contributed by atoms with E-state index in [1.54, 1.807) is 14.2 Å². The Morgan fingerprint density at radius 2 is 0.950 bits per heavy atom. The molecule has 2 unspecified atom stereocenters. The fraction of sp³-hybridized carbons (Fsp3) is 1.00. The Morgan fingerprint density at radius 1 is 0.650 bits per heavy atom. The molecule has 4 heteroatoms. The minimum absolute atomic E-state index is 0.0863. The second-order valence-corrected chi connectivity index (χ2v) is 7.33. The summed E-state index contributed by atoms with van der Waals surface area (Å²) in [5.74, 6) is 0. The average molecular weight is 290 g/mol. The van der Waals surface area contributed by atoms with Crippen molar-refractivity contribution >= 4 is 0 Å². The molecule has 0 saturated heterocycles. The van der Waals surface area contributed by atoms with Crippen LogP contribution in [0.5, 0.6) is 0 Å². The Hall–Kier alpha value is -0.160. The minimum atomic E-state index is 0.0863. The van der Waals surface area contributed by atoms with E-state index in [1.807, 2.05) is 0 Å². The van der Waals surface area contributed by atoms with Crippen LogP contribution in [-0.2, 0) is 18.9 Å². The maximum absolute atomic E-state index is 5.62. The number of methoxy groups -OCH3 is 2. The highest BCUT2D eigenvalue weighted by atomic mass is 16.6. The molecule has 0 fully saturated rings. The van der Waals surface area contributed by atoms with Crippen LogP contribution in [0.2, 0.25) is 0 Å². The third kappa shape index (κ3) is 8.20. The molecule has 0 aromatic heterocycles. The fourth-order valence-electron chi connectivity index (χ4n) is 1.84. The van der Waals surface area contributed by atoms with E-state index in [2.05, 4.69) is 41.5 Å². The first-order valence-corrected chi connectivity index (χ1v) is 7.34. The van der Waals surface area contributed by atoms with Gasteiger partial charge in [-0.15, -0.1) is 0 Å². The molecule has 0 saturated carbocycles. The van der Waals surface area contributed by atoms with Crippen LogP contribution in [0.1, 0.15) is 41.5 Å². The third-order valence-electron chi connectivity index (χ3n) is 3.41. The molecule has 0 radical (unpaired) electrons. The topological polar surface area (TPSA) is 36.9 Å². The first kappa shape index (κ1) is 19.8. The Kier molecular flexibility index (Phi) is 8.91. The van der Waals surface area contributed by atoms with Gasteiger partial charge in [0.25, 0.3) is 0 Å². The second kappa shape index (κ2) is 8.98. The summed E-state index contributed by atoms with van der Waals surface area (Å²) < 4.78 is 22.1. The van der Waals surface area contributed by atoms with Gasteiger partial charge in [-0.3, -0.25) is 0 Å². The van der Waals surface area contributed by atoms with Crippen molar-refractivity contribution in [3.63, 3.8) is 0 Å². The van der Waals surface area contributed by atoms with Gasteiger partial charge in [-0.05, 0) is 10.8 Å². The van der Waals surface area contributed by atoms with Gasteiger partial charge < -0.3 is 18.9 Å². The zero-order chi connectivity index (χ0) is 15.8. The first-order chi connectivity index (χ1) is 9.12. The highest BCUT2D eigenvalue weighted by Crippen LogP contribution is 2.22. The minimum Gasteiger partial charge on any atom is -0.379 e. The van der Waals surface area contributed by atoms with Crippen LogP contribution in [-0.4, -0.2) is 52.9 Å². The zero-order valence-corrected chi connectivity index (χ0v) is 14.6. The molecular weight excluding hydrogens is 256 g/mol. The van der Waals surface area contributed by atoms with Crippen molar-refractivity contribution in [2.45, 2.75) is 53.8 Å². The zero-order valence-electron chi connectivity index (χ0n) is 14.6. The summed E-state index contributed by atoms with van der Waals surface area (Å²) in [5.41, 5.74) is 0.173. The predicted molar refractivity (Wildman–Crippen MR) is 82.1 cm³/mol. The largest absolute Gasteiger partial charge is 0.379 e. The summed E-state index contributed by atoms with van der Waals surface area (Å²) in [7, 11) is 3.45. The summed E-state index contributed by atoms with van der Waals surface area (Å²) in [4.78, 5) is 0. The lowest BCUT2D eigenvalue weighted by Crippen LogP contribution is -2.34. The molecule has 4 nitrogen and oxygen atoms in total. The number of rotatable bonds is 9. The lowest BCUT2D eigenvalue weighted by molar-refractivity contribution is -0.0761. The standard InChI is InChI=1S/C16H34O4/c1-15(2,3)13(17-7)11-19-9-10-20-12-14(18-8)16(4,5)6/h13-14H,9-12H2,1-8H3. The van der Waals surface area contributed by atoms with Crippen molar-refractivity contribution in [1.82, 2.24) is 0 Å². The van der Waals surface area contributed by atoms with Crippen molar-refractivity contribution in [2.24, 2.45) is 10.8 Å². The summed E-state index contributed by atoms with van der Waals surface area (Å²) in [6.07, 6.45) is 0.201. The molecule has 0 aromatic rings. The molecule has 0 aliphatic heterocycles. The van der Waals surface area contributed by atoms with E-state index in [9.17, 15) is 0 Å². The molecule has 0 rings (SSSR count). The Balaban J connectivity index is 3.77. The van der Waals surface area contributed by atoms with E-state index >= 15 is 0 Å². The highest BCUT2D eigenvalue weighted by Gasteiger charge is 2.25. The lowest BCUT2D eigenvalue weighted by atomic mass is 9.89. The smallest absolute Gasteiger partial charge is 0.0852 e. The van der Waals surface area contributed by atoms with E-state index < -0.39 is 0 Å². The molecule has 0 bridgehead atoms. The normalized spacial score (nSPS) is 16.2. The van der Waals surface area contributed by atoms with Gasteiger partial charge in [0.1, 0.15) is 0 Å². The monoisotopic (exact) mass is 290 g/mol. The molecule has 0 aromatic carbocycles. The van der Waals surface area contributed by atoms with E-state index in [0.717, 1.165) is 0 Å². The van der Waals surface area contributed by atoms with Crippen molar-refractivity contribution in [1.29, 1.82) is 0 Å². The maximum atomic E-state index is 5.62. The van der Waals surface area contributed by atoms with Gasteiger partial charge in [-0.2, -0.15) is 0 Å². The number of hydrogen-bond acceptors (Lipinski definition) is 4. The molecule has 0 spiro atoms. The average Bonchev–Trinajstić information content (AvgIpc) is 2.29. The second-order valence-electron chi connectivity index (χ2n) is 7.33. The van der Waals surface area contributed by atoms with E-state index in [1.165, 1.54) is 0 Å². The van der Waals surface area contributed by atoms with Gasteiger partial charge in [0.2, 0.25) is 0 Å². The van der Waals surface area contributed by atoms with Crippen molar-refractivity contribution in [2.75, 3.05) is 40.6 Å². The van der Waals surface area contributed by atoms with Crippen LogP contribution in [0, 0.1) is 10.8 Å². The van der Waals surface area contributed by atoms with Crippen LogP contribution in [0.25, 0.3) is 0 Å². The molecule has 20 heavy (non-hydrogen) atoms. The maximum Gasteiger partial charge on any atom is 0.0852 e. The summed E-state index contributed by atoms with van der Waals surface area (Å²) >= 11 is 0. The molecule has 0 heterocycles. The third-order valence-corrected chi connectivity index (χ3v) is 3.41. The highest BCUT2D eigenvalue weighted by molar-refractivity contribution is 4.74. The molecule has 0 aliphatic rings. The molecule has 122 valence electrons. The first-order valence-electron chi connectivity index (χ1n) is 7.34. The molecule has 0 amide bonds. The molecular formula is C16H34O4. The fourth-order valence-corrected chi connectivity index (χ4v) is 1.84. The SMILES string of the molecule is COC(COCCOCC(OC)C(C)(C)C)C(C)(C)C. The predicted octanol–water partition coefficient (Wildman–Crippen LogP) is 3.14. The van der Waals surface area contributed by atoms with Gasteiger partial charge >= 0.3 is 0 Å². The van der Waals surface area contributed by atoms with Crippen LogP contribution < -0.4 is 0 Å². The number of ether oxygens (including phenoxy) is 4. The van der Waals surface area contributed by atoms with Gasteiger partial charge in [0, 0.05) is 14.2 Å². The summed E-state index contributed by atoms with van der Waals surface area (Å²) in [6, 6.07) is 0. The number of hydrogen-bond donors (Lipinski definition) is 0.